The summed E-state index contributed by atoms with van der Waals surface area (Å²) < 4.78 is 6.42. The molecular weight excluding hydrogens is 298 g/mol. The van der Waals surface area contributed by atoms with E-state index in [1.165, 1.54) is 12.0 Å². The van der Waals surface area contributed by atoms with Crippen LogP contribution in [-0.4, -0.2) is 54.0 Å². The van der Waals surface area contributed by atoms with Gasteiger partial charge in [0.25, 0.3) is 0 Å². The topological polar surface area (TPSA) is 80.6 Å². The molecule has 0 aliphatic rings. The first-order valence-electron chi connectivity index (χ1n) is 7.47. The molecule has 0 saturated heterocycles. The van der Waals surface area contributed by atoms with Crippen molar-refractivity contribution in [1.82, 2.24) is 14.8 Å². The maximum atomic E-state index is 12.8. The molecule has 0 aromatic carbocycles. The van der Waals surface area contributed by atoms with E-state index in [0.717, 1.165) is 0 Å². The molecule has 0 bridgehead atoms. The summed E-state index contributed by atoms with van der Waals surface area (Å²) in [5.74, 6) is -0.698. The van der Waals surface area contributed by atoms with Gasteiger partial charge < -0.3 is 19.5 Å². The number of aromatic nitrogens is 1. The molecule has 1 unspecified atom stereocenters. The second-order valence-electron chi connectivity index (χ2n) is 5.47. The number of likely N-dealkylation sites (N-methyl/N-ethyl adjacent to an activating group) is 1. The quantitative estimate of drug-likeness (QED) is 0.660. The molecule has 0 spiro atoms. The number of nitrogens with zero attached hydrogens (tertiary/aromatic N) is 2. The van der Waals surface area contributed by atoms with E-state index in [1.54, 1.807) is 39.4 Å². The van der Waals surface area contributed by atoms with Gasteiger partial charge in [-0.05, 0) is 33.3 Å². The largest absolute Gasteiger partial charge is 0.464 e. The number of methoxy groups -OCH3 is 1. The van der Waals surface area contributed by atoms with Crippen LogP contribution in [0.3, 0.4) is 0 Å². The molecule has 0 aliphatic carbocycles. The highest BCUT2D eigenvalue weighted by Gasteiger charge is 2.30. The van der Waals surface area contributed by atoms with Crippen LogP contribution < -0.4 is 5.32 Å². The molecule has 0 radical (unpaired) electrons. The second kappa shape index (κ2) is 7.30. The van der Waals surface area contributed by atoms with Crippen molar-refractivity contribution in [3.05, 3.63) is 22.5 Å². The van der Waals surface area contributed by atoms with Crippen LogP contribution >= 0.6 is 0 Å². The minimum Gasteiger partial charge on any atom is -0.464 e. The lowest BCUT2D eigenvalue weighted by Gasteiger charge is -2.24. The first-order chi connectivity index (χ1) is 10.7. The van der Waals surface area contributed by atoms with E-state index >= 15 is 0 Å². The first-order valence-corrected chi connectivity index (χ1v) is 7.47. The molecule has 1 heterocycles. The lowest BCUT2D eigenvalue weighted by atomic mass is 10.0. The van der Waals surface area contributed by atoms with E-state index in [1.807, 2.05) is 6.92 Å². The summed E-state index contributed by atoms with van der Waals surface area (Å²) in [4.78, 5) is 38.0. The number of rotatable bonds is 5. The molecule has 1 rings (SSSR count). The SMILES string of the molecule is CCNC(=O)N(C)C(C)C(=O)c1c(C)c(C(=O)OC)n(C)c1C. The van der Waals surface area contributed by atoms with E-state index in [2.05, 4.69) is 5.32 Å². The average Bonchev–Trinajstić information content (AvgIpc) is 2.74. The number of urea groups is 1. The van der Waals surface area contributed by atoms with E-state index in [-0.39, 0.29) is 11.8 Å². The van der Waals surface area contributed by atoms with Gasteiger partial charge in [0.05, 0.1) is 13.2 Å². The fourth-order valence-corrected chi connectivity index (χ4v) is 2.56. The Morgan fingerprint density at radius 3 is 2.35 bits per heavy atom. The molecule has 7 nitrogen and oxygen atoms in total. The van der Waals surface area contributed by atoms with Crippen LogP contribution in [0.4, 0.5) is 4.79 Å². The molecule has 128 valence electrons. The van der Waals surface area contributed by atoms with Gasteiger partial charge in [-0.2, -0.15) is 0 Å². The number of Topliss-reactive ketones (excluding diaryl/α,β-unsaturated/α-hetero) is 1. The number of ketones is 1. The van der Waals surface area contributed by atoms with Crippen molar-refractivity contribution >= 4 is 17.8 Å². The fourth-order valence-electron chi connectivity index (χ4n) is 2.56. The predicted molar refractivity (Wildman–Crippen MR) is 86.9 cm³/mol. The van der Waals surface area contributed by atoms with Crippen LogP contribution in [0, 0.1) is 13.8 Å². The summed E-state index contributed by atoms with van der Waals surface area (Å²) in [7, 11) is 4.59. The van der Waals surface area contributed by atoms with Crippen molar-refractivity contribution in [2.24, 2.45) is 7.05 Å². The van der Waals surface area contributed by atoms with Gasteiger partial charge in [-0.3, -0.25) is 4.79 Å². The van der Waals surface area contributed by atoms with Crippen molar-refractivity contribution in [2.45, 2.75) is 33.7 Å². The van der Waals surface area contributed by atoms with Gasteiger partial charge in [0, 0.05) is 31.9 Å². The van der Waals surface area contributed by atoms with Crippen LogP contribution in [0.1, 0.15) is 46.0 Å². The fraction of sp³-hybridized carbons (Fsp3) is 0.562. The Hall–Kier alpha value is -2.31. The molecule has 1 aromatic rings. The first kappa shape index (κ1) is 18.7. The Morgan fingerprint density at radius 1 is 1.30 bits per heavy atom. The monoisotopic (exact) mass is 323 g/mol. The highest BCUT2D eigenvalue weighted by atomic mass is 16.5. The zero-order valence-electron chi connectivity index (χ0n) is 14.8. The standard InChI is InChI=1S/C16H25N3O4/c1-8-17-16(22)19(6)11(4)14(20)12-9(2)13(15(21)23-7)18(5)10(12)3/h11H,8H2,1-7H3,(H,17,22). The van der Waals surface area contributed by atoms with Gasteiger partial charge in [-0.1, -0.05) is 0 Å². The minimum atomic E-state index is -0.646. The lowest BCUT2D eigenvalue weighted by Crippen LogP contribution is -2.45. The van der Waals surface area contributed by atoms with Gasteiger partial charge in [-0.25, -0.2) is 9.59 Å². The summed E-state index contributed by atoms with van der Waals surface area (Å²) >= 11 is 0. The highest BCUT2D eigenvalue weighted by Crippen LogP contribution is 2.24. The Labute approximate surface area is 136 Å². The summed E-state index contributed by atoms with van der Waals surface area (Å²) in [5.41, 5.74) is 2.04. The molecule has 2 amide bonds. The zero-order chi connectivity index (χ0) is 17.9. The highest BCUT2D eigenvalue weighted by molar-refractivity contribution is 6.06. The van der Waals surface area contributed by atoms with Crippen LogP contribution in [0.2, 0.25) is 0 Å². The molecule has 0 saturated carbocycles. The molecule has 1 atom stereocenters. The number of nitrogens with one attached hydrogen (secondary N) is 1. The van der Waals surface area contributed by atoms with Crippen LogP contribution in [0.5, 0.6) is 0 Å². The Kier molecular flexibility index (Phi) is 5.95. The summed E-state index contributed by atoms with van der Waals surface area (Å²) in [6, 6.07) is -0.959. The van der Waals surface area contributed by atoms with E-state index in [4.69, 9.17) is 4.74 Å². The van der Waals surface area contributed by atoms with Crippen molar-refractivity contribution in [3.8, 4) is 0 Å². The number of carbonyl (C=O) groups excluding carboxylic acids is 3. The Morgan fingerprint density at radius 2 is 1.87 bits per heavy atom. The third-order valence-corrected chi connectivity index (χ3v) is 4.16. The zero-order valence-corrected chi connectivity index (χ0v) is 14.8. The lowest BCUT2D eigenvalue weighted by molar-refractivity contribution is 0.0588. The van der Waals surface area contributed by atoms with Gasteiger partial charge in [0.2, 0.25) is 0 Å². The maximum Gasteiger partial charge on any atom is 0.354 e. The Bertz CT molecular complexity index is 634. The minimum absolute atomic E-state index is 0.209. The maximum absolute atomic E-state index is 12.8. The average molecular weight is 323 g/mol. The number of hydrogen-bond acceptors (Lipinski definition) is 4. The number of hydrogen-bond donors (Lipinski definition) is 1. The molecule has 1 aromatic heterocycles. The number of carbonyl (C=O) groups is 3. The van der Waals surface area contributed by atoms with Gasteiger partial charge in [0.15, 0.2) is 5.78 Å². The van der Waals surface area contributed by atoms with Crippen molar-refractivity contribution in [1.29, 1.82) is 0 Å². The smallest absolute Gasteiger partial charge is 0.354 e. The van der Waals surface area contributed by atoms with Crippen LogP contribution in [0.15, 0.2) is 0 Å². The van der Waals surface area contributed by atoms with Gasteiger partial charge >= 0.3 is 12.0 Å². The van der Waals surface area contributed by atoms with Crippen molar-refractivity contribution < 1.29 is 19.1 Å². The Balaban J connectivity index is 3.24. The normalized spacial score (nSPS) is 11.8. The second-order valence-corrected chi connectivity index (χ2v) is 5.47. The van der Waals surface area contributed by atoms with E-state index < -0.39 is 12.0 Å². The summed E-state index contributed by atoms with van der Waals surface area (Å²) in [5, 5.41) is 2.66. The third kappa shape index (κ3) is 3.38. The molecule has 7 heteroatoms. The molecule has 0 aliphatic heterocycles. The number of amides is 2. The summed E-state index contributed by atoms with van der Waals surface area (Å²) in [6.07, 6.45) is 0. The van der Waals surface area contributed by atoms with E-state index in [9.17, 15) is 14.4 Å². The van der Waals surface area contributed by atoms with Crippen LogP contribution in [0.25, 0.3) is 0 Å². The van der Waals surface area contributed by atoms with Gasteiger partial charge in [-0.15, -0.1) is 0 Å². The molecule has 0 fully saturated rings. The third-order valence-electron chi connectivity index (χ3n) is 4.16. The number of ether oxygens (including phenoxy) is 1. The summed E-state index contributed by atoms with van der Waals surface area (Å²) in [6.45, 7) is 7.45. The van der Waals surface area contributed by atoms with Crippen LogP contribution in [-0.2, 0) is 11.8 Å². The van der Waals surface area contributed by atoms with Crippen molar-refractivity contribution in [3.63, 3.8) is 0 Å². The molecular formula is C16H25N3O4. The van der Waals surface area contributed by atoms with Gasteiger partial charge in [0.1, 0.15) is 5.69 Å². The molecule has 1 N–H and O–H groups in total. The molecule has 23 heavy (non-hydrogen) atoms. The number of esters is 1. The van der Waals surface area contributed by atoms with Crippen molar-refractivity contribution in [2.75, 3.05) is 20.7 Å². The predicted octanol–water partition coefficient (Wildman–Crippen LogP) is 1.66. The van der Waals surface area contributed by atoms with E-state index in [0.29, 0.717) is 29.1 Å².